The largest absolute Gasteiger partial charge is 0.336 e. The molecule has 0 atom stereocenters. The van der Waals surface area contributed by atoms with E-state index in [1.165, 1.54) is 0 Å². The Labute approximate surface area is 67.0 Å². The molecular weight excluding hydrogens is 203 g/mol. The maximum absolute atomic E-state index is 5.59. The van der Waals surface area contributed by atoms with Crippen molar-refractivity contribution in [1.82, 2.24) is 9.55 Å². The van der Waals surface area contributed by atoms with Crippen LogP contribution < -0.4 is 0 Å². The summed E-state index contributed by atoms with van der Waals surface area (Å²) in [4.78, 5) is 3.98. The molecule has 50 valence electrons. The van der Waals surface area contributed by atoms with E-state index in [1.807, 2.05) is 11.6 Å². The summed E-state index contributed by atoms with van der Waals surface area (Å²) in [6, 6.07) is 0. The summed E-state index contributed by atoms with van der Waals surface area (Å²) in [5, 5.41) is 0. The molecule has 0 bridgehead atoms. The highest BCUT2D eigenvalue weighted by atomic mass is 79.9. The summed E-state index contributed by atoms with van der Waals surface area (Å²) in [5.41, 5.74) is 1.01. The van der Waals surface area contributed by atoms with Crippen molar-refractivity contribution in [3.63, 3.8) is 0 Å². The zero-order chi connectivity index (χ0) is 6.85. The summed E-state index contributed by atoms with van der Waals surface area (Å²) < 4.78 is 2.72. The van der Waals surface area contributed by atoms with Crippen molar-refractivity contribution in [2.45, 2.75) is 5.88 Å². The number of hydrogen-bond acceptors (Lipinski definition) is 1. The second-order valence-corrected chi connectivity index (χ2v) is 2.75. The Morgan fingerprint density at radius 1 is 1.89 bits per heavy atom. The minimum Gasteiger partial charge on any atom is -0.336 e. The van der Waals surface area contributed by atoms with Gasteiger partial charge in [-0.05, 0) is 15.9 Å². The van der Waals surface area contributed by atoms with E-state index in [4.69, 9.17) is 11.6 Å². The molecule has 0 radical (unpaired) electrons. The minimum atomic E-state index is 0.497. The Hall–Kier alpha value is -0.0200. The molecule has 0 N–H and O–H groups in total. The van der Waals surface area contributed by atoms with Crippen LogP contribution in [0.15, 0.2) is 10.9 Å². The fraction of sp³-hybridized carbons (Fsp3) is 0.400. The van der Waals surface area contributed by atoms with Gasteiger partial charge in [0.2, 0.25) is 0 Å². The normalized spacial score (nSPS) is 10.1. The Morgan fingerprint density at radius 3 is 2.78 bits per heavy atom. The van der Waals surface area contributed by atoms with Crippen LogP contribution in [-0.2, 0) is 12.9 Å². The highest BCUT2D eigenvalue weighted by Crippen LogP contribution is 2.14. The van der Waals surface area contributed by atoms with Gasteiger partial charge in [0.1, 0.15) is 4.60 Å². The molecular formula is C5H6BrClN2. The van der Waals surface area contributed by atoms with E-state index in [0.29, 0.717) is 5.88 Å². The summed E-state index contributed by atoms with van der Waals surface area (Å²) in [6.45, 7) is 0. The fourth-order valence-corrected chi connectivity index (χ4v) is 1.56. The third-order valence-corrected chi connectivity index (χ3v) is 2.05. The lowest BCUT2D eigenvalue weighted by Gasteiger charge is -1.94. The van der Waals surface area contributed by atoms with Gasteiger partial charge in [-0.2, -0.15) is 0 Å². The lowest BCUT2D eigenvalue weighted by Crippen LogP contribution is -1.90. The van der Waals surface area contributed by atoms with E-state index in [9.17, 15) is 0 Å². The van der Waals surface area contributed by atoms with E-state index >= 15 is 0 Å². The molecule has 4 heteroatoms. The Morgan fingerprint density at radius 2 is 2.56 bits per heavy atom. The predicted octanol–water partition coefficient (Wildman–Crippen LogP) is 1.92. The van der Waals surface area contributed by atoms with Crippen molar-refractivity contribution in [3.8, 4) is 0 Å². The standard InChI is InChI=1S/C5H6BrClN2/c1-9-3-8-5(6)4(9)2-7/h3H,2H2,1H3. The van der Waals surface area contributed by atoms with Gasteiger partial charge in [0.15, 0.2) is 0 Å². The molecule has 0 fully saturated rings. The van der Waals surface area contributed by atoms with Gasteiger partial charge in [0, 0.05) is 7.05 Å². The van der Waals surface area contributed by atoms with Crippen molar-refractivity contribution >= 4 is 27.5 Å². The zero-order valence-electron chi connectivity index (χ0n) is 4.93. The van der Waals surface area contributed by atoms with E-state index in [1.54, 1.807) is 6.33 Å². The average molecular weight is 209 g/mol. The first-order chi connectivity index (χ1) is 4.25. The minimum absolute atomic E-state index is 0.497. The molecule has 0 amide bonds. The fourth-order valence-electron chi connectivity index (χ4n) is 0.576. The molecule has 1 aromatic heterocycles. The molecule has 1 aromatic rings. The summed E-state index contributed by atoms with van der Waals surface area (Å²) >= 11 is 8.85. The summed E-state index contributed by atoms with van der Waals surface area (Å²) in [6.07, 6.45) is 1.72. The lowest BCUT2D eigenvalue weighted by atomic mass is 10.5. The topological polar surface area (TPSA) is 17.8 Å². The van der Waals surface area contributed by atoms with Gasteiger partial charge in [0.05, 0.1) is 17.9 Å². The molecule has 0 aliphatic rings. The Bertz CT molecular complexity index is 189. The maximum atomic E-state index is 5.59. The molecule has 1 rings (SSSR count). The molecule has 0 aromatic carbocycles. The first-order valence-corrected chi connectivity index (χ1v) is 3.80. The van der Waals surface area contributed by atoms with Crippen LogP contribution in [0, 0.1) is 0 Å². The molecule has 0 spiro atoms. The van der Waals surface area contributed by atoms with Gasteiger partial charge in [-0.3, -0.25) is 0 Å². The van der Waals surface area contributed by atoms with Crippen LogP contribution in [0.4, 0.5) is 0 Å². The quantitative estimate of drug-likeness (QED) is 0.646. The number of hydrogen-bond donors (Lipinski definition) is 0. The SMILES string of the molecule is Cn1cnc(Br)c1CCl. The van der Waals surface area contributed by atoms with Gasteiger partial charge >= 0.3 is 0 Å². The Balaban J connectivity index is 3.07. The van der Waals surface area contributed by atoms with Crippen LogP contribution in [0.25, 0.3) is 0 Å². The second kappa shape index (κ2) is 2.71. The average Bonchev–Trinajstić information content (AvgIpc) is 2.12. The van der Waals surface area contributed by atoms with Crippen LogP contribution in [-0.4, -0.2) is 9.55 Å². The van der Waals surface area contributed by atoms with Gasteiger partial charge in [-0.25, -0.2) is 4.98 Å². The summed E-state index contributed by atoms with van der Waals surface area (Å²) in [7, 11) is 1.91. The van der Waals surface area contributed by atoms with Gasteiger partial charge < -0.3 is 4.57 Å². The number of nitrogens with zero attached hydrogens (tertiary/aromatic N) is 2. The third-order valence-electron chi connectivity index (χ3n) is 1.13. The van der Waals surface area contributed by atoms with Gasteiger partial charge in [0.25, 0.3) is 0 Å². The van der Waals surface area contributed by atoms with Crippen molar-refractivity contribution in [1.29, 1.82) is 0 Å². The smallest absolute Gasteiger partial charge is 0.128 e. The maximum Gasteiger partial charge on any atom is 0.128 e. The predicted molar refractivity (Wildman–Crippen MR) is 40.5 cm³/mol. The van der Waals surface area contributed by atoms with Gasteiger partial charge in [-0.15, -0.1) is 11.6 Å². The van der Waals surface area contributed by atoms with E-state index < -0.39 is 0 Å². The number of halogens is 2. The molecule has 9 heavy (non-hydrogen) atoms. The first-order valence-electron chi connectivity index (χ1n) is 2.47. The molecule has 2 nitrogen and oxygen atoms in total. The van der Waals surface area contributed by atoms with Crippen LogP contribution in [0.2, 0.25) is 0 Å². The molecule has 0 aliphatic carbocycles. The molecule has 0 unspecified atom stereocenters. The number of alkyl halides is 1. The molecule has 0 saturated heterocycles. The van der Waals surface area contributed by atoms with Crippen molar-refractivity contribution < 1.29 is 0 Å². The number of imidazole rings is 1. The lowest BCUT2D eigenvalue weighted by molar-refractivity contribution is 0.864. The van der Waals surface area contributed by atoms with E-state index in [0.717, 1.165) is 10.3 Å². The third kappa shape index (κ3) is 1.27. The Kier molecular flexibility index (Phi) is 2.13. The number of rotatable bonds is 1. The van der Waals surface area contributed by atoms with Crippen LogP contribution >= 0.6 is 27.5 Å². The zero-order valence-corrected chi connectivity index (χ0v) is 7.28. The number of aromatic nitrogens is 2. The molecule has 0 saturated carbocycles. The van der Waals surface area contributed by atoms with E-state index in [2.05, 4.69) is 20.9 Å². The van der Waals surface area contributed by atoms with Gasteiger partial charge in [-0.1, -0.05) is 0 Å². The second-order valence-electron chi connectivity index (χ2n) is 1.73. The van der Waals surface area contributed by atoms with Crippen LogP contribution in [0.1, 0.15) is 5.69 Å². The van der Waals surface area contributed by atoms with Crippen LogP contribution in [0.5, 0.6) is 0 Å². The van der Waals surface area contributed by atoms with E-state index in [-0.39, 0.29) is 0 Å². The molecule has 1 heterocycles. The van der Waals surface area contributed by atoms with Crippen molar-refractivity contribution in [3.05, 3.63) is 16.6 Å². The monoisotopic (exact) mass is 208 g/mol. The van der Waals surface area contributed by atoms with Crippen molar-refractivity contribution in [2.75, 3.05) is 0 Å². The van der Waals surface area contributed by atoms with Crippen molar-refractivity contribution in [2.24, 2.45) is 7.05 Å². The number of aryl methyl sites for hydroxylation is 1. The first kappa shape index (κ1) is 7.09. The molecule has 0 aliphatic heterocycles. The highest BCUT2D eigenvalue weighted by Gasteiger charge is 2.01. The highest BCUT2D eigenvalue weighted by molar-refractivity contribution is 9.10. The summed E-state index contributed by atoms with van der Waals surface area (Å²) in [5.74, 6) is 0.497. The van der Waals surface area contributed by atoms with Crippen LogP contribution in [0.3, 0.4) is 0 Å².